The fourth-order valence-corrected chi connectivity index (χ4v) is 1.87. The summed E-state index contributed by atoms with van der Waals surface area (Å²) in [5.74, 6) is 1.50. The predicted molar refractivity (Wildman–Crippen MR) is 62.2 cm³/mol. The van der Waals surface area contributed by atoms with E-state index in [1.165, 1.54) is 11.8 Å². The molecule has 0 fully saturated rings. The lowest BCUT2D eigenvalue weighted by molar-refractivity contribution is -0.114. The third-order valence-corrected chi connectivity index (χ3v) is 2.95. The summed E-state index contributed by atoms with van der Waals surface area (Å²) in [6, 6.07) is 7.72. The molecule has 0 saturated carbocycles. The first-order valence-electron chi connectivity index (χ1n) is 4.29. The lowest BCUT2D eigenvalue weighted by Gasteiger charge is -2.03. The molecule has 1 aromatic carbocycles. The fraction of sp³-hybridized carbons (Fsp3) is 0.300. The van der Waals surface area contributed by atoms with Crippen molar-refractivity contribution in [1.29, 1.82) is 0 Å². The Morgan fingerprint density at radius 3 is 2.57 bits per heavy atom. The van der Waals surface area contributed by atoms with Gasteiger partial charge in [0.05, 0.1) is 0 Å². The summed E-state index contributed by atoms with van der Waals surface area (Å²) in [4.78, 5) is 11.9. The minimum absolute atomic E-state index is 0.0499. The van der Waals surface area contributed by atoms with E-state index in [2.05, 4.69) is 5.32 Å². The molecule has 4 heteroatoms. The number of halogens is 1. The zero-order chi connectivity index (χ0) is 10.4. The van der Waals surface area contributed by atoms with Crippen molar-refractivity contribution in [2.75, 3.05) is 16.9 Å². The van der Waals surface area contributed by atoms with E-state index in [0.717, 1.165) is 11.4 Å². The number of benzene rings is 1. The van der Waals surface area contributed by atoms with Crippen LogP contribution < -0.4 is 5.32 Å². The number of anilines is 1. The van der Waals surface area contributed by atoms with Crippen molar-refractivity contribution in [1.82, 2.24) is 0 Å². The van der Waals surface area contributed by atoms with E-state index in [9.17, 15) is 4.79 Å². The Balaban J connectivity index is 2.54. The summed E-state index contributed by atoms with van der Waals surface area (Å²) in [6.07, 6.45) is 0. The van der Waals surface area contributed by atoms with Crippen molar-refractivity contribution in [2.24, 2.45) is 0 Å². The number of carbonyl (C=O) groups is 1. The van der Waals surface area contributed by atoms with E-state index in [1.807, 2.05) is 24.3 Å². The topological polar surface area (TPSA) is 29.1 Å². The quantitative estimate of drug-likeness (QED) is 0.635. The maximum atomic E-state index is 10.7. The van der Waals surface area contributed by atoms with Crippen LogP contribution in [0.4, 0.5) is 5.69 Å². The second-order valence-electron chi connectivity index (χ2n) is 2.74. The molecule has 1 N–H and O–H groups in total. The first kappa shape index (κ1) is 11.4. The van der Waals surface area contributed by atoms with Crippen molar-refractivity contribution >= 4 is 35.0 Å². The number of thioether (sulfide) groups is 1. The van der Waals surface area contributed by atoms with Crippen molar-refractivity contribution in [2.45, 2.75) is 11.8 Å². The average molecular weight is 230 g/mol. The Morgan fingerprint density at radius 1 is 1.43 bits per heavy atom. The molecule has 76 valence electrons. The molecule has 0 heterocycles. The minimum Gasteiger partial charge on any atom is -0.326 e. The zero-order valence-corrected chi connectivity index (χ0v) is 9.49. The standard InChI is InChI=1S/C10H12ClNOS/c1-8(13)12-9-2-4-10(5-3-9)14-7-6-11/h2-5H,6-7H2,1H3,(H,12,13). The van der Waals surface area contributed by atoms with Gasteiger partial charge in [-0.1, -0.05) is 0 Å². The molecular formula is C10H12ClNOS. The maximum Gasteiger partial charge on any atom is 0.221 e. The van der Waals surface area contributed by atoms with Gasteiger partial charge in [0.1, 0.15) is 0 Å². The van der Waals surface area contributed by atoms with Crippen LogP contribution in [0.25, 0.3) is 0 Å². The number of carbonyl (C=O) groups excluding carboxylic acids is 1. The van der Waals surface area contributed by atoms with Gasteiger partial charge >= 0.3 is 0 Å². The van der Waals surface area contributed by atoms with Gasteiger partial charge in [-0.3, -0.25) is 4.79 Å². The highest BCUT2D eigenvalue weighted by Crippen LogP contribution is 2.20. The molecule has 0 spiro atoms. The Bertz CT molecular complexity index is 299. The molecule has 0 radical (unpaired) electrons. The van der Waals surface area contributed by atoms with Gasteiger partial charge in [0.15, 0.2) is 0 Å². The molecule has 0 atom stereocenters. The Morgan fingerprint density at radius 2 is 2.07 bits per heavy atom. The van der Waals surface area contributed by atoms with Crippen LogP contribution in [-0.4, -0.2) is 17.5 Å². The molecule has 0 aliphatic carbocycles. The molecule has 0 aliphatic rings. The maximum absolute atomic E-state index is 10.7. The summed E-state index contributed by atoms with van der Waals surface area (Å²) in [5.41, 5.74) is 0.827. The largest absolute Gasteiger partial charge is 0.326 e. The van der Waals surface area contributed by atoms with E-state index in [-0.39, 0.29) is 5.91 Å². The molecule has 1 amide bonds. The van der Waals surface area contributed by atoms with E-state index in [0.29, 0.717) is 5.88 Å². The zero-order valence-electron chi connectivity index (χ0n) is 7.92. The third kappa shape index (κ3) is 4.03. The van der Waals surface area contributed by atoms with Crippen molar-refractivity contribution in [3.63, 3.8) is 0 Å². The second kappa shape index (κ2) is 5.94. The second-order valence-corrected chi connectivity index (χ2v) is 4.29. The molecule has 2 nitrogen and oxygen atoms in total. The normalized spacial score (nSPS) is 9.86. The highest BCUT2D eigenvalue weighted by Gasteiger charge is 1.96. The summed E-state index contributed by atoms with van der Waals surface area (Å²) in [5, 5.41) is 2.71. The predicted octanol–water partition coefficient (Wildman–Crippen LogP) is 2.98. The van der Waals surface area contributed by atoms with Crippen molar-refractivity contribution in [3.05, 3.63) is 24.3 Å². The van der Waals surface area contributed by atoms with E-state index < -0.39 is 0 Å². The van der Waals surface area contributed by atoms with Crippen LogP contribution in [0.15, 0.2) is 29.2 Å². The molecule has 0 aromatic heterocycles. The number of alkyl halides is 1. The Hall–Kier alpha value is -0.670. The number of hydrogen-bond donors (Lipinski definition) is 1. The monoisotopic (exact) mass is 229 g/mol. The summed E-state index contributed by atoms with van der Waals surface area (Å²) in [7, 11) is 0. The number of nitrogens with one attached hydrogen (secondary N) is 1. The van der Waals surface area contributed by atoms with Gasteiger partial charge in [-0.05, 0) is 24.3 Å². The molecular weight excluding hydrogens is 218 g/mol. The smallest absolute Gasteiger partial charge is 0.221 e. The highest BCUT2D eigenvalue weighted by atomic mass is 35.5. The van der Waals surface area contributed by atoms with Gasteiger partial charge in [-0.2, -0.15) is 0 Å². The fourth-order valence-electron chi connectivity index (χ4n) is 0.994. The van der Waals surface area contributed by atoms with Crippen LogP contribution in [0, 0.1) is 0 Å². The first-order chi connectivity index (χ1) is 6.72. The van der Waals surface area contributed by atoms with E-state index in [4.69, 9.17) is 11.6 Å². The molecule has 0 saturated heterocycles. The van der Waals surface area contributed by atoms with Gasteiger partial charge in [-0.25, -0.2) is 0 Å². The van der Waals surface area contributed by atoms with Crippen LogP contribution in [0.2, 0.25) is 0 Å². The van der Waals surface area contributed by atoms with Gasteiger partial charge in [0, 0.05) is 29.1 Å². The van der Waals surface area contributed by atoms with Gasteiger partial charge in [0.2, 0.25) is 5.91 Å². The molecule has 0 aliphatic heterocycles. The summed E-state index contributed by atoms with van der Waals surface area (Å²) < 4.78 is 0. The number of amides is 1. The van der Waals surface area contributed by atoms with Crippen molar-refractivity contribution in [3.8, 4) is 0 Å². The minimum atomic E-state index is -0.0499. The lowest BCUT2D eigenvalue weighted by Crippen LogP contribution is -2.05. The molecule has 0 bridgehead atoms. The van der Waals surface area contributed by atoms with E-state index in [1.54, 1.807) is 11.8 Å². The lowest BCUT2D eigenvalue weighted by atomic mass is 10.3. The summed E-state index contributed by atoms with van der Waals surface area (Å²) in [6.45, 7) is 1.50. The van der Waals surface area contributed by atoms with Crippen molar-refractivity contribution < 1.29 is 4.79 Å². The Kier molecular flexibility index (Phi) is 4.84. The van der Waals surface area contributed by atoms with Crippen LogP contribution in [0.1, 0.15) is 6.92 Å². The molecule has 14 heavy (non-hydrogen) atoms. The molecule has 0 unspecified atom stereocenters. The SMILES string of the molecule is CC(=O)Nc1ccc(SCCCl)cc1. The summed E-state index contributed by atoms with van der Waals surface area (Å²) >= 11 is 7.28. The van der Waals surface area contributed by atoms with Crippen LogP contribution in [0.5, 0.6) is 0 Å². The highest BCUT2D eigenvalue weighted by molar-refractivity contribution is 7.99. The Labute approximate surface area is 93.0 Å². The van der Waals surface area contributed by atoms with Gasteiger partial charge < -0.3 is 5.32 Å². The molecule has 1 rings (SSSR count). The number of rotatable bonds is 4. The van der Waals surface area contributed by atoms with Crippen LogP contribution in [0.3, 0.4) is 0 Å². The van der Waals surface area contributed by atoms with E-state index >= 15 is 0 Å². The molecule has 1 aromatic rings. The third-order valence-electron chi connectivity index (χ3n) is 1.52. The van der Waals surface area contributed by atoms with Crippen LogP contribution in [-0.2, 0) is 4.79 Å². The number of hydrogen-bond acceptors (Lipinski definition) is 2. The first-order valence-corrected chi connectivity index (χ1v) is 5.81. The van der Waals surface area contributed by atoms with Gasteiger partial charge in [0.25, 0.3) is 0 Å². The average Bonchev–Trinajstić information content (AvgIpc) is 2.16. The van der Waals surface area contributed by atoms with Crippen LogP contribution >= 0.6 is 23.4 Å². The van der Waals surface area contributed by atoms with Gasteiger partial charge in [-0.15, -0.1) is 23.4 Å².